The van der Waals surface area contributed by atoms with E-state index in [1.807, 2.05) is 6.92 Å². The molecule has 2 saturated carbocycles. The quantitative estimate of drug-likeness (QED) is 0.629. The molecule has 1 N–H and O–H groups in total. The molecule has 2 fully saturated rings. The van der Waals surface area contributed by atoms with Crippen molar-refractivity contribution in [2.75, 3.05) is 32.8 Å². The van der Waals surface area contributed by atoms with Crippen LogP contribution >= 0.6 is 0 Å². The zero-order valence-corrected chi connectivity index (χ0v) is 14.0. The predicted octanol–water partition coefficient (Wildman–Crippen LogP) is 2.43. The van der Waals surface area contributed by atoms with Crippen molar-refractivity contribution in [1.82, 2.24) is 10.2 Å². The molecule has 0 saturated heterocycles. The Kier molecular flexibility index (Phi) is 6.06. The van der Waals surface area contributed by atoms with Crippen LogP contribution in [0, 0.1) is 11.8 Å². The molecule has 0 spiro atoms. The molecule has 0 amide bonds. The molecule has 0 heterocycles. The second-order valence-corrected chi connectivity index (χ2v) is 6.62. The molecule has 122 valence electrons. The number of nitrogens with zero attached hydrogens (tertiary/aromatic N) is 1. The van der Waals surface area contributed by atoms with E-state index in [1.165, 1.54) is 19.3 Å². The zero-order chi connectivity index (χ0) is 15.3. The Morgan fingerprint density at radius 3 is 2.38 bits per heavy atom. The summed E-state index contributed by atoms with van der Waals surface area (Å²) in [5, 5.41) is 3.50. The molecule has 1 unspecified atom stereocenters. The molecule has 0 aliphatic heterocycles. The van der Waals surface area contributed by atoms with E-state index in [0.29, 0.717) is 12.5 Å². The molecule has 2 rings (SSSR count). The number of hydrogen-bond acceptors (Lipinski definition) is 4. The van der Waals surface area contributed by atoms with Gasteiger partial charge in [0.15, 0.2) is 0 Å². The van der Waals surface area contributed by atoms with Gasteiger partial charge in [0.25, 0.3) is 0 Å². The molecule has 1 atom stereocenters. The van der Waals surface area contributed by atoms with Gasteiger partial charge in [-0.1, -0.05) is 20.3 Å². The largest absolute Gasteiger partial charge is 0.465 e. The van der Waals surface area contributed by atoms with E-state index in [1.54, 1.807) is 0 Å². The van der Waals surface area contributed by atoms with Crippen LogP contribution in [0.15, 0.2) is 0 Å². The lowest BCUT2D eigenvalue weighted by Gasteiger charge is -2.39. The third-order valence-corrected chi connectivity index (χ3v) is 5.07. The third-order valence-electron chi connectivity index (χ3n) is 5.07. The van der Waals surface area contributed by atoms with Gasteiger partial charge in [0.1, 0.15) is 5.54 Å². The van der Waals surface area contributed by atoms with E-state index in [0.717, 1.165) is 44.9 Å². The number of carbonyl (C=O) groups is 1. The zero-order valence-electron chi connectivity index (χ0n) is 14.0. The Labute approximate surface area is 129 Å². The van der Waals surface area contributed by atoms with Gasteiger partial charge in [0.05, 0.1) is 6.61 Å². The van der Waals surface area contributed by atoms with Crippen LogP contribution in [0.2, 0.25) is 0 Å². The van der Waals surface area contributed by atoms with Gasteiger partial charge in [-0.15, -0.1) is 0 Å². The topological polar surface area (TPSA) is 41.6 Å². The summed E-state index contributed by atoms with van der Waals surface area (Å²) < 4.78 is 5.42. The van der Waals surface area contributed by atoms with Crippen molar-refractivity contribution in [3.63, 3.8) is 0 Å². The molecule has 0 aromatic carbocycles. The Morgan fingerprint density at radius 2 is 1.95 bits per heavy atom. The standard InChI is InChI=1S/C17H32N2O2/c1-4-18-17(15-10-11-15,16(20)21-6-3)13-19(5-2)12-14-8-7-9-14/h14-15,18H,4-13H2,1-3H3. The predicted molar refractivity (Wildman–Crippen MR) is 85.2 cm³/mol. The molecule has 2 aliphatic rings. The van der Waals surface area contributed by atoms with Crippen LogP contribution in [0.4, 0.5) is 0 Å². The number of rotatable bonds is 10. The van der Waals surface area contributed by atoms with Crippen LogP contribution in [-0.2, 0) is 9.53 Å². The summed E-state index contributed by atoms with van der Waals surface area (Å²) in [6, 6.07) is 0. The van der Waals surface area contributed by atoms with Crippen molar-refractivity contribution in [2.24, 2.45) is 11.8 Å². The van der Waals surface area contributed by atoms with Crippen molar-refractivity contribution in [1.29, 1.82) is 0 Å². The van der Waals surface area contributed by atoms with Crippen molar-refractivity contribution < 1.29 is 9.53 Å². The molecule has 0 radical (unpaired) electrons. The maximum Gasteiger partial charge on any atom is 0.327 e. The average molecular weight is 296 g/mol. The van der Waals surface area contributed by atoms with Crippen molar-refractivity contribution >= 4 is 5.97 Å². The number of ether oxygens (including phenoxy) is 1. The summed E-state index contributed by atoms with van der Waals surface area (Å²) in [6.07, 6.45) is 6.38. The van der Waals surface area contributed by atoms with E-state index in [2.05, 4.69) is 24.1 Å². The van der Waals surface area contributed by atoms with Crippen LogP contribution in [0.25, 0.3) is 0 Å². The Hall–Kier alpha value is -0.610. The smallest absolute Gasteiger partial charge is 0.327 e. The normalized spacial score (nSPS) is 21.9. The highest BCUT2D eigenvalue weighted by Crippen LogP contribution is 2.41. The van der Waals surface area contributed by atoms with Crippen LogP contribution in [0.1, 0.15) is 52.9 Å². The molecule has 0 aromatic heterocycles. The first kappa shape index (κ1) is 16.8. The molecule has 4 nitrogen and oxygen atoms in total. The molecular weight excluding hydrogens is 264 g/mol. The second kappa shape index (κ2) is 7.59. The summed E-state index contributed by atoms with van der Waals surface area (Å²) in [7, 11) is 0. The number of hydrogen-bond donors (Lipinski definition) is 1. The first-order valence-electron chi connectivity index (χ1n) is 8.80. The van der Waals surface area contributed by atoms with E-state index >= 15 is 0 Å². The molecular formula is C17H32N2O2. The Balaban J connectivity index is 2.06. The maximum absolute atomic E-state index is 12.6. The second-order valence-electron chi connectivity index (χ2n) is 6.62. The monoisotopic (exact) mass is 296 g/mol. The van der Waals surface area contributed by atoms with Crippen LogP contribution in [-0.4, -0.2) is 49.2 Å². The minimum absolute atomic E-state index is 0.0404. The molecule has 0 bridgehead atoms. The van der Waals surface area contributed by atoms with Gasteiger partial charge < -0.3 is 15.0 Å². The fourth-order valence-corrected chi connectivity index (χ4v) is 3.48. The van der Waals surface area contributed by atoms with E-state index in [-0.39, 0.29) is 5.97 Å². The molecule has 2 aliphatic carbocycles. The van der Waals surface area contributed by atoms with Gasteiger partial charge in [-0.2, -0.15) is 0 Å². The van der Waals surface area contributed by atoms with Gasteiger partial charge in [0, 0.05) is 13.1 Å². The highest BCUT2D eigenvalue weighted by molar-refractivity contribution is 5.82. The number of esters is 1. The Morgan fingerprint density at radius 1 is 1.24 bits per heavy atom. The minimum atomic E-state index is -0.482. The van der Waals surface area contributed by atoms with E-state index in [4.69, 9.17) is 4.74 Å². The third kappa shape index (κ3) is 3.98. The number of nitrogens with one attached hydrogen (secondary N) is 1. The van der Waals surface area contributed by atoms with Gasteiger partial charge in [-0.25, -0.2) is 4.79 Å². The first-order valence-corrected chi connectivity index (χ1v) is 8.80. The lowest BCUT2D eigenvalue weighted by molar-refractivity contribution is -0.153. The fourth-order valence-electron chi connectivity index (χ4n) is 3.48. The summed E-state index contributed by atoms with van der Waals surface area (Å²) in [5.74, 6) is 1.25. The van der Waals surface area contributed by atoms with Gasteiger partial charge in [-0.05, 0) is 57.5 Å². The highest BCUT2D eigenvalue weighted by atomic mass is 16.5. The lowest BCUT2D eigenvalue weighted by atomic mass is 9.84. The highest BCUT2D eigenvalue weighted by Gasteiger charge is 2.52. The summed E-state index contributed by atoms with van der Waals surface area (Å²) >= 11 is 0. The number of carbonyl (C=O) groups excluding carboxylic acids is 1. The van der Waals surface area contributed by atoms with E-state index in [9.17, 15) is 4.79 Å². The van der Waals surface area contributed by atoms with Crippen molar-refractivity contribution in [3.8, 4) is 0 Å². The van der Waals surface area contributed by atoms with Gasteiger partial charge >= 0.3 is 5.97 Å². The summed E-state index contributed by atoms with van der Waals surface area (Å²) in [6.45, 7) is 10.4. The molecule has 0 aromatic rings. The van der Waals surface area contributed by atoms with Crippen LogP contribution in [0.5, 0.6) is 0 Å². The lowest BCUT2D eigenvalue weighted by Crippen LogP contribution is -2.61. The van der Waals surface area contributed by atoms with Crippen LogP contribution < -0.4 is 5.32 Å². The fraction of sp³-hybridized carbons (Fsp3) is 0.941. The summed E-state index contributed by atoms with van der Waals surface area (Å²) in [5.41, 5.74) is -0.482. The maximum atomic E-state index is 12.6. The summed E-state index contributed by atoms with van der Waals surface area (Å²) in [4.78, 5) is 15.1. The molecule has 4 heteroatoms. The number of likely N-dealkylation sites (N-methyl/N-ethyl adjacent to an activating group) is 2. The van der Waals surface area contributed by atoms with Crippen LogP contribution in [0.3, 0.4) is 0 Å². The SMILES string of the molecule is CCNC(CN(CC)CC1CCC1)(C(=O)OCC)C1CC1. The van der Waals surface area contributed by atoms with Gasteiger partial charge in [0.2, 0.25) is 0 Å². The van der Waals surface area contributed by atoms with Crippen molar-refractivity contribution in [2.45, 2.75) is 58.4 Å². The minimum Gasteiger partial charge on any atom is -0.465 e. The first-order chi connectivity index (χ1) is 10.2. The molecule has 21 heavy (non-hydrogen) atoms. The van der Waals surface area contributed by atoms with Crippen molar-refractivity contribution in [3.05, 3.63) is 0 Å². The Bertz CT molecular complexity index is 340. The van der Waals surface area contributed by atoms with Gasteiger partial charge in [-0.3, -0.25) is 0 Å². The average Bonchev–Trinajstić information content (AvgIpc) is 3.25. The van der Waals surface area contributed by atoms with E-state index < -0.39 is 5.54 Å².